The zero-order valence-corrected chi connectivity index (χ0v) is 17.0. The van der Waals surface area contributed by atoms with Gasteiger partial charge in [-0.2, -0.15) is 0 Å². The number of halogens is 1. The minimum atomic E-state index is 0.159. The van der Waals surface area contributed by atoms with Crippen LogP contribution < -0.4 is 0 Å². The van der Waals surface area contributed by atoms with Crippen molar-refractivity contribution in [2.75, 3.05) is 18.8 Å². The molecule has 1 saturated heterocycles. The molecule has 0 aliphatic carbocycles. The minimum Gasteiger partial charge on any atom is -0.342 e. The summed E-state index contributed by atoms with van der Waals surface area (Å²) in [6.07, 6.45) is 6.10. The molecule has 1 aromatic carbocycles. The Morgan fingerprint density at radius 2 is 1.82 bits per heavy atom. The predicted molar refractivity (Wildman–Crippen MR) is 109 cm³/mol. The maximum atomic E-state index is 12.5. The van der Waals surface area contributed by atoms with E-state index in [2.05, 4.69) is 20.3 Å². The standard InChI is InChI=1S/C19H21ClN6OS/c20-15-7-5-14(6-8-15)11-26-18-17(23-24-26)19(22-13-21-18)28-12-16(27)25-9-3-1-2-4-10-25/h5-8,13H,1-4,9-12H2. The molecule has 1 amide bonds. The number of nitrogens with zero attached hydrogens (tertiary/aromatic N) is 6. The number of benzene rings is 1. The Labute approximate surface area is 172 Å². The number of thioether (sulfide) groups is 1. The van der Waals surface area contributed by atoms with E-state index >= 15 is 0 Å². The number of hydrogen-bond donors (Lipinski definition) is 0. The molecule has 1 aliphatic heterocycles. The van der Waals surface area contributed by atoms with E-state index in [-0.39, 0.29) is 5.91 Å². The van der Waals surface area contributed by atoms with Crippen molar-refractivity contribution in [3.8, 4) is 0 Å². The van der Waals surface area contributed by atoms with E-state index < -0.39 is 0 Å². The number of carbonyl (C=O) groups is 1. The SMILES string of the molecule is O=C(CSc1ncnc2c1nnn2Cc1ccc(Cl)cc1)N1CCCCCC1. The maximum Gasteiger partial charge on any atom is 0.232 e. The van der Waals surface area contributed by atoms with E-state index in [0.29, 0.717) is 33.5 Å². The topological polar surface area (TPSA) is 76.8 Å². The van der Waals surface area contributed by atoms with E-state index in [1.807, 2.05) is 29.2 Å². The van der Waals surface area contributed by atoms with Gasteiger partial charge in [-0.1, -0.05) is 53.6 Å². The van der Waals surface area contributed by atoms with Crippen molar-refractivity contribution in [1.29, 1.82) is 0 Å². The minimum absolute atomic E-state index is 0.159. The Morgan fingerprint density at radius 3 is 2.57 bits per heavy atom. The van der Waals surface area contributed by atoms with Crippen molar-refractivity contribution in [3.05, 3.63) is 41.2 Å². The number of likely N-dealkylation sites (tertiary alicyclic amines) is 1. The number of amides is 1. The summed E-state index contributed by atoms with van der Waals surface area (Å²) in [5.41, 5.74) is 2.35. The van der Waals surface area contributed by atoms with Crippen LogP contribution in [0, 0.1) is 0 Å². The molecule has 9 heteroatoms. The summed E-state index contributed by atoms with van der Waals surface area (Å²) in [5, 5.41) is 9.87. The second kappa shape index (κ2) is 8.87. The summed E-state index contributed by atoms with van der Waals surface area (Å²) in [4.78, 5) is 23.2. The molecular weight excluding hydrogens is 396 g/mol. The number of fused-ring (bicyclic) bond motifs is 1. The van der Waals surface area contributed by atoms with Gasteiger partial charge in [-0.15, -0.1) is 5.10 Å². The van der Waals surface area contributed by atoms with Gasteiger partial charge >= 0.3 is 0 Å². The van der Waals surface area contributed by atoms with Crippen LogP contribution in [0.15, 0.2) is 35.6 Å². The molecule has 0 spiro atoms. The fraction of sp³-hybridized carbons (Fsp3) is 0.421. The fourth-order valence-electron chi connectivity index (χ4n) is 3.29. The van der Waals surface area contributed by atoms with Crippen LogP contribution in [0.25, 0.3) is 11.2 Å². The lowest BCUT2D eigenvalue weighted by Gasteiger charge is -2.19. The van der Waals surface area contributed by atoms with E-state index in [0.717, 1.165) is 31.5 Å². The Kier molecular flexibility index (Phi) is 6.07. The van der Waals surface area contributed by atoms with Gasteiger partial charge in [-0.25, -0.2) is 14.6 Å². The van der Waals surface area contributed by atoms with Crippen molar-refractivity contribution >= 4 is 40.4 Å². The van der Waals surface area contributed by atoms with Crippen molar-refractivity contribution in [1.82, 2.24) is 29.9 Å². The Balaban J connectivity index is 1.47. The Bertz CT molecular complexity index is 953. The molecule has 0 radical (unpaired) electrons. The van der Waals surface area contributed by atoms with E-state index in [9.17, 15) is 4.79 Å². The van der Waals surface area contributed by atoms with E-state index in [4.69, 9.17) is 11.6 Å². The van der Waals surface area contributed by atoms with E-state index in [1.54, 1.807) is 4.68 Å². The summed E-state index contributed by atoms with van der Waals surface area (Å²) in [6, 6.07) is 7.60. The molecule has 7 nitrogen and oxygen atoms in total. The van der Waals surface area contributed by atoms with Crippen LogP contribution in [0.4, 0.5) is 0 Å². The van der Waals surface area contributed by atoms with Gasteiger partial charge in [0.05, 0.1) is 12.3 Å². The lowest BCUT2D eigenvalue weighted by Crippen LogP contribution is -2.33. The smallest absolute Gasteiger partial charge is 0.232 e. The first-order valence-corrected chi connectivity index (χ1v) is 10.8. The van der Waals surface area contributed by atoms with Crippen molar-refractivity contribution in [2.45, 2.75) is 37.3 Å². The van der Waals surface area contributed by atoms with Crippen LogP contribution in [-0.2, 0) is 11.3 Å². The van der Waals surface area contributed by atoms with Crippen LogP contribution in [0.1, 0.15) is 31.2 Å². The normalized spacial score (nSPS) is 15.0. The first-order chi connectivity index (χ1) is 13.7. The lowest BCUT2D eigenvalue weighted by atomic mass is 10.2. The molecule has 3 aromatic rings. The van der Waals surface area contributed by atoms with Gasteiger partial charge < -0.3 is 4.90 Å². The number of rotatable bonds is 5. The quantitative estimate of drug-likeness (QED) is 0.468. The third kappa shape index (κ3) is 4.44. The van der Waals surface area contributed by atoms with Crippen LogP contribution in [0.2, 0.25) is 5.02 Å². The molecule has 146 valence electrons. The van der Waals surface area contributed by atoms with Crippen molar-refractivity contribution < 1.29 is 4.79 Å². The predicted octanol–water partition coefficient (Wildman–Crippen LogP) is 3.42. The first-order valence-electron chi connectivity index (χ1n) is 9.40. The molecule has 4 rings (SSSR count). The monoisotopic (exact) mass is 416 g/mol. The molecule has 1 fully saturated rings. The van der Waals surface area contributed by atoms with Crippen LogP contribution in [-0.4, -0.2) is 54.6 Å². The van der Waals surface area contributed by atoms with Crippen LogP contribution in [0.5, 0.6) is 0 Å². The van der Waals surface area contributed by atoms with Crippen LogP contribution in [0.3, 0.4) is 0 Å². The number of carbonyl (C=O) groups excluding carboxylic acids is 1. The molecule has 0 atom stereocenters. The van der Waals surface area contributed by atoms with Crippen molar-refractivity contribution in [3.63, 3.8) is 0 Å². The Morgan fingerprint density at radius 1 is 1.07 bits per heavy atom. The Hall–Kier alpha value is -2.19. The maximum absolute atomic E-state index is 12.5. The largest absolute Gasteiger partial charge is 0.342 e. The summed E-state index contributed by atoms with van der Waals surface area (Å²) in [6.45, 7) is 2.26. The van der Waals surface area contributed by atoms with Crippen LogP contribution >= 0.6 is 23.4 Å². The van der Waals surface area contributed by atoms with Gasteiger partial charge in [0.25, 0.3) is 0 Å². The molecular formula is C19H21ClN6OS. The first kappa shape index (κ1) is 19.1. The second-order valence-corrected chi connectivity index (χ2v) is 8.21. The van der Waals surface area contributed by atoms with Gasteiger partial charge in [0, 0.05) is 18.1 Å². The molecule has 0 bridgehead atoms. The molecule has 3 heterocycles. The molecule has 2 aromatic heterocycles. The fourth-order valence-corrected chi connectivity index (χ4v) is 4.25. The highest BCUT2D eigenvalue weighted by Crippen LogP contribution is 2.24. The molecule has 0 N–H and O–H groups in total. The van der Waals surface area contributed by atoms with Gasteiger partial charge in [-0.3, -0.25) is 4.79 Å². The molecule has 1 aliphatic rings. The highest BCUT2D eigenvalue weighted by atomic mass is 35.5. The lowest BCUT2D eigenvalue weighted by molar-refractivity contribution is -0.128. The molecule has 28 heavy (non-hydrogen) atoms. The highest BCUT2D eigenvalue weighted by Gasteiger charge is 2.18. The zero-order valence-electron chi connectivity index (χ0n) is 15.4. The zero-order chi connectivity index (χ0) is 19.3. The number of aromatic nitrogens is 5. The molecule has 0 saturated carbocycles. The second-order valence-electron chi connectivity index (χ2n) is 6.81. The summed E-state index contributed by atoms with van der Waals surface area (Å²) in [7, 11) is 0. The third-order valence-electron chi connectivity index (χ3n) is 4.80. The van der Waals surface area contributed by atoms with Gasteiger partial charge in [0.2, 0.25) is 5.91 Å². The highest BCUT2D eigenvalue weighted by molar-refractivity contribution is 8.00. The average Bonchev–Trinajstić information content (AvgIpc) is 2.93. The third-order valence-corrected chi connectivity index (χ3v) is 6.02. The summed E-state index contributed by atoms with van der Waals surface area (Å²) < 4.78 is 1.74. The molecule has 0 unspecified atom stereocenters. The summed E-state index contributed by atoms with van der Waals surface area (Å²) in [5.74, 6) is 0.517. The summed E-state index contributed by atoms with van der Waals surface area (Å²) >= 11 is 7.35. The van der Waals surface area contributed by atoms with Crippen molar-refractivity contribution in [2.24, 2.45) is 0 Å². The van der Waals surface area contributed by atoms with Gasteiger partial charge in [0.1, 0.15) is 11.4 Å². The average molecular weight is 417 g/mol. The van der Waals surface area contributed by atoms with Gasteiger partial charge in [-0.05, 0) is 30.5 Å². The van der Waals surface area contributed by atoms with E-state index in [1.165, 1.54) is 30.9 Å². The number of hydrogen-bond acceptors (Lipinski definition) is 6. The van der Waals surface area contributed by atoms with Gasteiger partial charge in [0.15, 0.2) is 11.2 Å².